The molecule has 1 rings (SSSR count). The highest BCUT2D eigenvalue weighted by molar-refractivity contribution is 8.00. The average molecular weight is 284 g/mol. The lowest BCUT2D eigenvalue weighted by molar-refractivity contribution is -0.115. The molecule has 0 saturated carbocycles. The van der Waals surface area contributed by atoms with E-state index in [0.29, 0.717) is 23.7 Å². The first-order chi connectivity index (χ1) is 9.08. The van der Waals surface area contributed by atoms with Crippen molar-refractivity contribution in [2.75, 3.05) is 37.6 Å². The number of amides is 1. The summed E-state index contributed by atoms with van der Waals surface area (Å²) in [5, 5.41) is 2.65. The van der Waals surface area contributed by atoms with E-state index in [1.54, 1.807) is 32.4 Å². The van der Waals surface area contributed by atoms with E-state index in [9.17, 15) is 4.79 Å². The van der Waals surface area contributed by atoms with Gasteiger partial charge in [-0.3, -0.25) is 4.79 Å². The molecular weight excluding hydrogens is 264 g/mol. The number of nitrogens with one attached hydrogen (secondary N) is 1. The van der Waals surface area contributed by atoms with Crippen LogP contribution in [0, 0.1) is 0 Å². The van der Waals surface area contributed by atoms with Crippen LogP contribution in [0.15, 0.2) is 18.2 Å². The van der Waals surface area contributed by atoms with Crippen LogP contribution < -0.4 is 15.8 Å². The van der Waals surface area contributed by atoms with Gasteiger partial charge < -0.3 is 20.5 Å². The second-order valence-corrected chi connectivity index (χ2v) is 5.40. The molecule has 106 valence electrons. The largest absolute Gasteiger partial charge is 0.497 e. The molecule has 0 spiro atoms. The fourth-order valence-corrected chi connectivity index (χ4v) is 2.23. The van der Waals surface area contributed by atoms with Gasteiger partial charge in [-0.15, -0.1) is 11.8 Å². The van der Waals surface area contributed by atoms with Gasteiger partial charge in [-0.1, -0.05) is 0 Å². The molecule has 1 unspecified atom stereocenters. The summed E-state index contributed by atoms with van der Waals surface area (Å²) in [6.07, 6.45) is 0. The van der Waals surface area contributed by atoms with Crippen molar-refractivity contribution in [1.82, 2.24) is 0 Å². The molecule has 0 aliphatic carbocycles. The molecule has 1 amide bonds. The van der Waals surface area contributed by atoms with Crippen LogP contribution in [-0.2, 0) is 9.53 Å². The molecule has 3 N–H and O–H groups in total. The Labute approximate surface area is 117 Å². The van der Waals surface area contributed by atoms with Gasteiger partial charge in [0.05, 0.1) is 30.3 Å². The van der Waals surface area contributed by atoms with Gasteiger partial charge in [0.25, 0.3) is 0 Å². The lowest BCUT2D eigenvalue weighted by Gasteiger charge is -2.13. The molecule has 0 aliphatic heterocycles. The summed E-state index contributed by atoms with van der Waals surface area (Å²) in [5.74, 6) is 1.37. The summed E-state index contributed by atoms with van der Waals surface area (Å²) in [7, 11) is 3.21. The Morgan fingerprint density at radius 2 is 2.21 bits per heavy atom. The van der Waals surface area contributed by atoms with Gasteiger partial charge >= 0.3 is 0 Å². The molecule has 1 aromatic rings. The second kappa shape index (κ2) is 7.91. The second-order valence-electron chi connectivity index (χ2n) is 3.95. The molecule has 6 heteroatoms. The molecule has 0 saturated heterocycles. The molecule has 0 aliphatic rings. The minimum absolute atomic E-state index is 0.0713. The van der Waals surface area contributed by atoms with Crippen LogP contribution in [0.25, 0.3) is 0 Å². The van der Waals surface area contributed by atoms with E-state index in [1.165, 1.54) is 11.8 Å². The van der Waals surface area contributed by atoms with Crippen LogP contribution in [0.5, 0.6) is 5.75 Å². The number of carbonyl (C=O) groups is 1. The summed E-state index contributed by atoms with van der Waals surface area (Å²) in [6, 6.07) is 5.17. The van der Waals surface area contributed by atoms with E-state index in [0.717, 1.165) is 5.75 Å². The number of nitrogen functional groups attached to an aromatic ring is 1. The summed E-state index contributed by atoms with van der Waals surface area (Å²) in [5.41, 5.74) is 6.94. The Kier molecular flexibility index (Phi) is 6.52. The van der Waals surface area contributed by atoms with Gasteiger partial charge in [-0.2, -0.15) is 0 Å². The van der Waals surface area contributed by atoms with Gasteiger partial charge in [0.1, 0.15) is 5.75 Å². The highest BCUT2D eigenvalue weighted by Gasteiger charge is 2.14. The SMILES string of the molecule is COCCSC(C)C(=O)Nc1ccc(OC)cc1N. The zero-order chi connectivity index (χ0) is 14.3. The van der Waals surface area contributed by atoms with E-state index >= 15 is 0 Å². The standard InChI is InChI=1S/C13H20N2O3S/c1-9(19-7-6-17-2)13(16)15-12-5-4-10(18-3)8-11(12)14/h4-5,8-9H,6-7,14H2,1-3H3,(H,15,16). The Hall–Kier alpha value is -1.40. The van der Waals surface area contributed by atoms with Crippen LogP contribution in [0.1, 0.15) is 6.92 Å². The maximum Gasteiger partial charge on any atom is 0.237 e. The average Bonchev–Trinajstić information content (AvgIpc) is 2.41. The van der Waals surface area contributed by atoms with Crippen LogP contribution in [0.2, 0.25) is 0 Å². The third kappa shape index (κ3) is 5.00. The number of rotatable bonds is 7. The molecule has 0 radical (unpaired) electrons. The zero-order valence-corrected chi connectivity index (χ0v) is 12.3. The number of carbonyl (C=O) groups excluding carboxylic acids is 1. The third-order valence-electron chi connectivity index (χ3n) is 2.54. The van der Waals surface area contributed by atoms with Crippen LogP contribution >= 0.6 is 11.8 Å². The van der Waals surface area contributed by atoms with Gasteiger partial charge in [0, 0.05) is 18.9 Å². The highest BCUT2D eigenvalue weighted by Crippen LogP contribution is 2.24. The molecule has 5 nitrogen and oxygen atoms in total. The number of benzene rings is 1. The fraction of sp³-hybridized carbons (Fsp3) is 0.462. The maximum atomic E-state index is 12.0. The predicted molar refractivity (Wildman–Crippen MR) is 79.8 cm³/mol. The van der Waals surface area contributed by atoms with E-state index in [-0.39, 0.29) is 11.2 Å². The molecular formula is C13H20N2O3S. The van der Waals surface area contributed by atoms with Crippen molar-refractivity contribution in [3.05, 3.63) is 18.2 Å². The summed E-state index contributed by atoms with van der Waals surface area (Å²) in [4.78, 5) is 12.0. The number of methoxy groups -OCH3 is 2. The maximum absolute atomic E-state index is 12.0. The Balaban J connectivity index is 2.56. The van der Waals surface area contributed by atoms with Crippen molar-refractivity contribution >= 4 is 29.0 Å². The fourth-order valence-electron chi connectivity index (χ4n) is 1.40. The summed E-state index contributed by atoms with van der Waals surface area (Å²) < 4.78 is 10.0. The normalized spacial score (nSPS) is 11.9. The van der Waals surface area contributed by atoms with Crippen molar-refractivity contribution in [3.63, 3.8) is 0 Å². The molecule has 1 aromatic carbocycles. The highest BCUT2D eigenvalue weighted by atomic mass is 32.2. The quantitative estimate of drug-likeness (QED) is 0.591. The van der Waals surface area contributed by atoms with Crippen LogP contribution in [-0.4, -0.2) is 37.7 Å². The smallest absolute Gasteiger partial charge is 0.237 e. The molecule has 0 bridgehead atoms. The molecule has 0 aromatic heterocycles. The monoisotopic (exact) mass is 284 g/mol. The van der Waals surface area contributed by atoms with E-state index in [2.05, 4.69) is 5.32 Å². The van der Waals surface area contributed by atoms with Crippen LogP contribution in [0.3, 0.4) is 0 Å². The Morgan fingerprint density at radius 1 is 1.47 bits per heavy atom. The minimum Gasteiger partial charge on any atom is -0.497 e. The Morgan fingerprint density at radius 3 is 2.79 bits per heavy atom. The van der Waals surface area contributed by atoms with Crippen molar-refractivity contribution < 1.29 is 14.3 Å². The first kappa shape index (κ1) is 15.7. The van der Waals surface area contributed by atoms with E-state index in [4.69, 9.17) is 15.2 Å². The lowest BCUT2D eigenvalue weighted by atomic mass is 10.2. The predicted octanol–water partition coefficient (Wildman–Crippen LogP) is 1.98. The van der Waals surface area contributed by atoms with E-state index < -0.39 is 0 Å². The molecule has 0 fully saturated rings. The first-order valence-electron chi connectivity index (χ1n) is 5.93. The number of hydrogen-bond donors (Lipinski definition) is 2. The summed E-state index contributed by atoms with van der Waals surface area (Å²) in [6.45, 7) is 2.49. The third-order valence-corrected chi connectivity index (χ3v) is 3.66. The zero-order valence-electron chi connectivity index (χ0n) is 11.4. The lowest BCUT2D eigenvalue weighted by Crippen LogP contribution is -2.23. The van der Waals surface area contributed by atoms with E-state index in [1.807, 2.05) is 6.92 Å². The Bertz CT molecular complexity index is 426. The van der Waals surface area contributed by atoms with Crippen molar-refractivity contribution in [2.24, 2.45) is 0 Å². The number of thioether (sulfide) groups is 1. The molecule has 1 atom stereocenters. The number of nitrogens with two attached hydrogens (primary N) is 1. The molecule has 0 heterocycles. The molecule has 19 heavy (non-hydrogen) atoms. The van der Waals surface area contributed by atoms with Gasteiger partial charge in [0.15, 0.2) is 0 Å². The number of anilines is 2. The minimum atomic E-state index is -0.156. The number of ether oxygens (including phenoxy) is 2. The van der Waals surface area contributed by atoms with Crippen molar-refractivity contribution in [3.8, 4) is 5.75 Å². The van der Waals surface area contributed by atoms with Crippen LogP contribution in [0.4, 0.5) is 11.4 Å². The van der Waals surface area contributed by atoms with Gasteiger partial charge in [-0.25, -0.2) is 0 Å². The van der Waals surface area contributed by atoms with Gasteiger partial charge in [-0.05, 0) is 19.1 Å². The number of hydrogen-bond acceptors (Lipinski definition) is 5. The summed E-state index contributed by atoms with van der Waals surface area (Å²) >= 11 is 1.54. The van der Waals surface area contributed by atoms with Crippen molar-refractivity contribution in [1.29, 1.82) is 0 Å². The van der Waals surface area contributed by atoms with Crippen molar-refractivity contribution in [2.45, 2.75) is 12.2 Å². The van der Waals surface area contributed by atoms with Gasteiger partial charge in [0.2, 0.25) is 5.91 Å². The first-order valence-corrected chi connectivity index (χ1v) is 6.98. The topological polar surface area (TPSA) is 73.6 Å².